The molecule has 3 N–H and O–H groups in total. The maximum absolute atomic E-state index is 12.5. The molecule has 1 aliphatic heterocycles. The van der Waals surface area contributed by atoms with Gasteiger partial charge in [0.15, 0.2) is 0 Å². The summed E-state index contributed by atoms with van der Waals surface area (Å²) in [5.74, 6) is -0.982. The Morgan fingerprint density at radius 2 is 1.96 bits per heavy atom. The Morgan fingerprint density at radius 1 is 1.25 bits per heavy atom. The quantitative estimate of drug-likeness (QED) is 0.665. The van der Waals surface area contributed by atoms with Gasteiger partial charge in [0.05, 0.1) is 12.5 Å². The summed E-state index contributed by atoms with van der Waals surface area (Å²) >= 11 is 0. The molecule has 0 spiro atoms. The Morgan fingerprint density at radius 3 is 2.68 bits per heavy atom. The van der Waals surface area contributed by atoms with Crippen molar-refractivity contribution in [3.05, 3.63) is 35.4 Å². The standard InChI is InChI=1S/C18H22N6O4/c1-11-5-3-4-6-13(11)10-24-8-7-19-18(27)14(24)9-15(26)21-17-16(20-12(2)25)22-28-23-17/h3-6,14H,7-10H2,1-2H3,(H,19,27)(H,20,22,25)(H,21,23,26). The number of aryl methyl sites for hydroxylation is 1. The zero-order chi connectivity index (χ0) is 20.1. The number of carbonyl (C=O) groups is 3. The van der Waals surface area contributed by atoms with Crippen molar-refractivity contribution in [2.45, 2.75) is 32.9 Å². The fraction of sp³-hybridized carbons (Fsp3) is 0.389. The average molecular weight is 386 g/mol. The largest absolute Gasteiger partial charge is 0.353 e. The van der Waals surface area contributed by atoms with Gasteiger partial charge < -0.3 is 16.0 Å². The number of rotatable bonds is 6. The van der Waals surface area contributed by atoms with Crippen molar-refractivity contribution in [1.82, 2.24) is 20.5 Å². The lowest BCUT2D eigenvalue weighted by Crippen LogP contribution is -2.55. The predicted molar refractivity (Wildman–Crippen MR) is 100 cm³/mol. The number of hydrogen-bond acceptors (Lipinski definition) is 7. The normalized spacial score (nSPS) is 17.1. The van der Waals surface area contributed by atoms with Gasteiger partial charge in [-0.2, -0.15) is 0 Å². The molecule has 1 atom stereocenters. The monoisotopic (exact) mass is 386 g/mol. The molecule has 1 aliphatic rings. The molecule has 2 heterocycles. The average Bonchev–Trinajstić information content (AvgIpc) is 3.05. The lowest BCUT2D eigenvalue weighted by molar-refractivity contribution is -0.132. The Hall–Kier alpha value is -3.27. The van der Waals surface area contributed by atoms with E-state index in [1.807, 2.05) is 36.1 Å². The lowest BCUT2D eigenvalue weighted by Gasteiger charge is -2.35. The van der Waals surface area contributed by atoms with Crippen LogP contribution in [0, 0.1) is 6.92 Å². The number of nitrogens with one attached hydrogen (secondary N) is 3. The van der Waals surface area contributed by atoms with Gasteiger partial charge in [-0.05, 0) is 28.4 Å². The molecule has 1 saturated heterocycles. The van der Waals surface area contributed by atoms with Gasteiger partial charge in [0.2, 0.25) is 29.4 Å². The van der Waals surface area contributed by atoms with Crippen LogP contribution in [0.4, 0.5) is 11.6 Å². The van der Waals surface area contributed by atoms with Crippen molar-refractivity contribution in [3.8, 4) is 0 Å². The molecule has 28 heavy (non-hydrogen) atoms. The third kappa shape index (κ3) is 4.71. The van der Waals surface area contributed by atoms with E-state index in [1.54, 1.807) is 0 Å². The van der Waals surface area contributed by atoms with E-state index < -0.39 is 11.9 Å². The summed E-state index contributed by atoms with van der Waals surface area (Å²) in [7, 11) is 0. The van der Waals surface area contributed by atoms with E-state index >= 15 is 0 Å². The van der Waals surface area contributed by atoms with Gasteiger partial charge in [0.25, 0.3) is 0 Å². The van der Waals surface area contributed by atoms with Gasteiger partial charge >= 0.3 is 0 Å². The smallest absolute Gasteiger partial charge is 0.237 e. The third-order valence-corrected chi connectivity index (χ3v) is 4.50. The minimum absolute atomic E-state index is 0.00173. The van der Waals surface area contributed by atoms with Gasteiger partial charge in [-0.1, -0.05) is 24.3 Å². The zero-order valence-corrected chi connectivity index (χ0v) is 15.7. The van der Waals surface area contributed by atoms with Gasteiger partial charge in [0, 0.05) is 26.6 Å². The fourth-order valence-electron chi connectivity index (χ4n) is 3.06. The fourth-order valence-corrected chi connectivity index (χ4v) is 3.06. The Balaban J connectivity index is 1.68. The van der Waals surface area contributed by atoms with Crippen LogP contribution >= 0.6 is 0 Å². The molecule has 1 unspecified atom stereocenters. The number of hydrogen-bond donors (Lipinski definition) is 3. The van der Waals surface area contributed by atoms with Crippen molar-refractivity contribution < 1.29 is 19.0 Å². The van der Waals surface area contributed by atoms with Crippen LogP contribution in [-0.2, 0) is 20.9 Å². The number of carbonyl (C=O) groups excluding carboxylic acids is 3. The van der Waals surface area contributed by atoms with Crippen molar-refractivity contribution in [2.24, 2.45) is 0 Å². The first kappa shape index (κ1) is 19.5. The molecule has 0 aliphatic carbocycles. The van der Waals surface area contributed by atoms with Crippen molar-refractivity contribution >= 4 is 29.4 Å². The highest BCUT2D eigenvalue weighted by molar-refractivity contribution is 5.98. The summed E-state index contributed by atoms with van der Waals surface area (Å²) in [5, 5.41) is 14.8. The Labute approximate surface area is 161 Å². The summed E-state index contributed by atoms with van der Waals surface area (Å²) in [4.78, 5) is 38.0. The topological polar surface area (TPSA) is 129 Å². The van der Waals surface area contributed by atoms with E-state index in [0.717, 1.165) is 11.1 Å². The molecule has 1 fully saturated rings. The van der Waals surface area contributed by atoms with Crippen LogP contribution < -0.4 is 16.0 Å². The molecule has 0 radical (unpaired) electrons. The van der Waals surface area contributed by atoms with Crippen molar-refractivity contribution in [2.75, 3.05) is 23.7 Å². The number of nitrogens with zero attached hydrogens (tertiary/aromatic N) is 3. The number of piperazine rings is 1. The van der Waals surface area contributed by atoms with E-state index in [9.17, 15) is 14.4 Å². The highest BCUT2D eigenvalue weighted by Gasteiger charge is 2.32. The molecular formula is C18H22N6O4. The maximum atomic E-state index is 12.5. The van der Waals surface area contributed by atoms with Crippen molar-refractivity contribution in [3.63, 3.8) is 0 Å². The first-order chi connectivity index (χ1) is 13.4. The van der Waals surface area contributed by atoms with Gasteiger partial charge in [-0.25, -0.2) is 4.63 Å². The minimum atomic E-state index is -0.613. The highest BCUT2D eigenvalue weighted by atomic mass is 16.6. The van der Waals surface area contributed by atoms with Crippen LogP contribution in [0.2, 0.25) is 0 Å². The van der Waals surface area contributed by atoms with Gasteiger partial charge in [-0.3, -0.25) is 19.3 Å². The molecule has 10 nitrogen and oxygen atoms in total. The SMILES string of the molecule is CC(=O)Nc1nonc1NC(=O)CC1C(=O)NCCN1Cc1ccccc1C. The van der Waals surface area contributed by atoms with E-state index in [-0.39, 0.29) is 29.9 Å². The van der Waals surface area contributed by atoms with E-state index in [1.165, 1.54) is 6.92 Å². The molecule has 0 saturated carbocycles. The molecule has 3 rings (SSSR count). The third-order valence-electron chi connectivity index (χ3n) is 4.50. The van der Waals surface area contributed by atoms with E-state index in [4.69, 9.17) is 0 Å². The van der Waals surface area contributed by atoms with Crippen LogP contribution in [-0.4, -0.2) is 52.1 Å². The van der Waals surface area contributed by atoms with Crippen LogP contribution in [0.15, 0.2) is 28.9 Å². The maximum Gasteiger partial charge on any atom is 0.237 e. The predicted octanol–water partition coefficient (Wildman–Crippen LogP) is 0.666. The highest BCUT2D eigenvalue weighted by Crippen LogP contribution is 2.19. The number of benzene rings is 1. The van der Waals surface area contributed by atoms with Crippen molar-refractivity contribution in [1.29, 1.82) is 0 Å². The van der Waals surface area contributed by atoms with Crippen LogP contribution in [0.5, 0.6) is 0 Å². The second kappa shape index (κ2) is 8.61. The first-order valence-electron chi connectivity index (χ1n) is 8.90. The summed E-state index contributed by atoms with van der Waals surface area (Å²) in [6.07, 6.45) is -0.0654. The molecule has 0 bridgehead atoms. The first-order valence-corrected chi connectivity index (χ1v) is 8.90. The summed E-state index contributed by atoms with van der Waals surface area (Å²) < 4.78 is 4.55. The van der Waals surface area contributed by atoms with Crippen LogP contribution in [0.25, 0.3) is 0 Å². The van der Waals surface area contributed by atoms with E-state index in [2.05, 4.69) is 30.9 Å². The van der Waals surface area contributed by atoms with Gasteiger partial charge in [0.1, 0.15) is 0 Å². The molecule has 10 heteroatoms. The minimum Gasteiger partial charge on any atom is -0.353 e. The molecular weight excluding hydrogens is 364 g/mol. The molecule has 2 aromatic rings. The summed E-state index contributed by atoms with van der Waals surface area (Å²) in [6.45, 7) is 5.06. The Kier molecular flexibility index (Phi) is 5.99. The lowest BCUT2D eigenvalue weighted by atomic mass is 10.0. The van der Waals surface area contributed by atoms with Gasteiger partial charge in [-0.15, -0.1) is 0 Å². The summed E-state index contributed by atoms with van der Waals surface area (Å²) in [6, 6.07) is 7.33. The van der Waals surface area contributed by atoms with E-state index in [0.29, 0.717) is 19.6 Å². The second-order valence-corrected chi connectivity index (χ2v) is 6.60. The molecule has 148 valence electrons. The molecule has 1 aromatic carbocycles. The van der Waals surface area contributed by atoms with Crippen LogP contribution in [0.1, 0.15) is 24.5 Å². The molecule has 3 amide bonds. The number of aromatic nitrogens is 2. The Bertz CT molecular complexity index is 880. The number of amides is 3. The number of anilines is 2. The zero-order valence-electron chi connectivity index (χ0n) is 15.7. The second-order valence-electron chi connectivity index (χ2n) is 6.60. The van der Waals surface area contributed by atoms with Crippen LogP contribution in [0.3, 0.4) is 0 Å². The summed E-state index contributed by atoms with van der Waals surface area (Å²) in [5.41, 5.74) is 2.24. The molecule has 1 aromatic heterocycles.